The minimum absolute atomic E-state index is 0.193. The number of pyridine rings is 1. The van der Waals surface area contributed by atoms with Gasteiger partial charge in [-0.15, -0.1) is 11.3 Å². The molecule has 1 N–H and O–H groups in total. The van der Waals surface area contributed by atoms with Crippen molar-refractivity contribution in [2.24, 2.45) is 0 Å². The predicted octanol–water partition coefficient (Wildman–Crippen LogP) is 2.78. The van der Waals surface area contributed by atoms with Crippen molar-refractivity contribution in [1.29, 1.82) is 5.26 Å². The van der Waals surface area contributed by atoms with E-state index in [9.17, 15) is 10.1 Å². The molecule has 2 aromatic heterocycles. The molecule has 0 saturated heterocycles. The topological polar surface area (TPSA) is 78.7 Å². The molecule has 5 nitrogen and oxygen atoms in total. The van der Waals surface area contributed by atoms with Crippen molar-refractivity contribution in [3.63, 3.8) is 0 Å². The Morgan fingerprint density at radius 3 is 2.95 bits per heavy atom. The predicted molar refractivity (Wildman–Crippen MR) is 82.1 cm³/mol. The van der Waals surface area contributed by atoms with Gasteiger partial charge in [0.15, 0.2) is 5.69 Å². The number of aromatic nitrogens is 2. The fraction of sp³-hybridized carbons (Fsp3) is 0.333. The lowest BCUT2D eigenvalue weighted by Crippen LogP contribution is -2.25. The summed E-state index contributed by atoms with van der Waals surface area (Å²) in [5.41, 5.74) is 1.99. The molecule has 108 valence electrons. The van der Waals surface area contributed by atoms with Crippen molar-refractivity contribution >= 4 is 17.2 Å². The average Bonchev–Trinajstić information content (AvgIpc) is 2.96. The van der Waals surface area contributed by atoms with Gasteiger partial charge in [0.25, 0.3) is 5.91 Å². The number of hydrogen-bond donors (Lipinski definition) is 1. The third-order valence-corrected chi connectivity index (χ3v) is 3.92. The summed E-state index contributed by atoms with van der Waals surface area (Å²) >= 11 is 1.21. The molecule has 0 unspecified atom stereocenters. The quantitative estimate of drug-likeness (QED) is 0.921. The zero-order valence-corrected chi connectivity index (χ0v) is 12.8. The standard InChI is InChI=1S/C15H16N4OS/c1-3-7-18-14(20)13-11(9-16)21-15(19-13)12-10(4-2)6-5-8-17-12/h5-6,8H,3-4,7H2,1-2H3,(H,18,20). The summed E-state index contributed by atoms with van der Waals surface area (Å²) in [5, 5.41) is 12.6. The van der Waals surface area contributed by atoms with Crippen LogP contribution in [0.4, 0.5) is 0 Å². The van der Waals surface area contributed by atoms with Gasteiger partial charge in [-0.3, -0.25) is 9.78 Å². The Kier molecular flexibility index (Phi) is 5.01. The molecule has 21 heavy (non-hydrogen) atoms. The van der Waals surface area contributed by atoms with Gasteiger partial charge < -0.3 is 5.32 Å². The van der Waals surface area contributed by atoms with Gasteiger partial charge in [0.05, 0.1) is 0 Å². The second kappa shape index (κ2) is 6.95. The Bertz CT molecular complexity index is 687. The minimum atomic E-state index is -0.301. The van der Waals surface area contributed by atoms with Crippen LogP contribution >= 0.6 is 11.3 Å². The first kappa shape index (κ1) is 15.1. The van der Waals surface area contributed by atoms with Crippen LogP contribution in [0.5, 0.6) is 0 Å². The Morgan fingerprint density at radius 1 is 1.48 bits per heavy atom. The largest absolute Gasteiger partial charge is 0.351 e. The lowest BCUT2D eigenvalue weighted by atomic mass is 10.1. The van der Waals surface area contributed by atoms with E-state index in [4.69, 9.17) is 0 Å². The number of rotatable bonds is 5. The second-order valence-electron chi connectivity index (χ2n) is 4.43. The van der Waals surface area contributed by atoms with E-state index in [1.54, 1.807) is 6.20 Å². The number of nitrogens with zero attached hydrogens (tertiary/aromatic N) is 3. The highest BCUT2D eigenvalue weighted by Crippen LogP contribution is 2.28. The number of nitriles is 1. The molecular formula is C15H16N4OS. The van der Waals surface area contributed by atoms with Gasteiger partial charge >= 0.3 is 0 Å². The van der Waals surface area contributed by atoms with Crippen LogP contribution in [0, 0.1) is 11.3 Å². The second-order valence-corrected chi connectivity index (χ2v) is 5.43. The van der Waals surface area contributed by atoms with Crippen LogP contribution in [0.15, 0.2) is 18.3 Å². The fourth-order valence-electron chi connectivity index (χ4n) is 1.89. The SMILES string of the molecule is CCCNC(=O)c1nc(-c2ncccc2CC)sc1C#N. The highest BCUT2D eigenvalue weighted by molar-refractivity contribution is 7.15. The summed E-state index contributed by atoms with van der Waals surface area (Å²) < 4.78 is 0. The maximum Gasteiger partial charge on any atom is 0.272 e. The molecule has 0 atom stereocenters. The molecule has 0 radical (unpaired) electrons. The highest BCUT2D eigenvalue weighted by atomic mass is 32.1. The molecule has 0 fully saturated rings. The third kappa shape index (κ3) is 3.26. The van der Waals surface area contributed by atoms with Gasteiger partial charge in [-0.25, -0.2) is 4.98 Å². The molecule has 0 spiro atoms. The molecule has 0 aliphatic rings. The van der Waals surface area contributed by atoms with E-state index in [0.717, 1.165) is 24.1 Å². The maximum atomic E-state index is 12.0. The highest BCUT2D eigenvalue weighted by Gasteiger charge is 2.20. The van der Waals surface area contributed by atoms with Crippen molar-refractivity contribution < 1.29 is 4.79 Å². The van der Waals surface area contributed by atoms with E-state index in [1.807, 2.05) is 32.0 Å². The molecule has 0 aliphatic carbocycles. The van der Waals surface area contributed by atoms with Gasteiger partial charge in [0, 0.05) is 12.7 Å². The van der Waals surface area contributed by atoms with E-state index in [-0.39, 0.29) is 11.6 Å². The zero-order valence-electron chi connectivity index (χ0n) is 12.0. The molecule has 0 bridgehead atoms. The summed E-state index contributed by atoms with van der Waals surface area (Å²) in [6.45, 7) is 4.58. The molecular weight excluding hydrogens is 284 g/mol. The number of aryl methyl sites for hydroxylation is 1. The van der Waals surface area contributed by atoms with Gasteiger partial charge in [0.1, 0.15) is 21.6 Å². The van der Waals surface area contributed by atoms with E-state index in [2.05, 4.69) is 15.3 Å². The smallest absolute Gasteiger partial charge is 0.272 e. The van der Waals surface area contributed by atoms with Gasteiger partial charge in [-0.05, 0) is 24.5 Å². The zero-order chi connectivity index (χ0) is 15.2. The van der Waals surface area contributed by atoms with E-state index < -0.39 is 0 Å². The van der Waals surface area contributed by atoms with Gasteiger partial charge in [-0.1, -0.05) is 19.9 Å². The Hall–Kier alpha value is -2.26. The van der Waals surface area contributed by atoms with E-state index in [1.165, 1.54) is 11.3 Å². The Labute approximate surface area is 127 Å². The van der Waals surface area contributed by atoms with Crippen LogP contribution in [-0.4, -0.2) is 22.4 Å². The van der Waals surface area contributed by atoms with Crippen molar-refractivity contribution in [3.8, 4) is 16.8 Å². The van der Waals surface area contributed by atoms with E-state index >= 15 is 0 Å². The molecule has 0 aromatic carbocycles. The van der Waals surface area contributed by atoms with Gasteiger partial charge in [-0.2, -0.15) is 5.26 Å². The number of amides is 1. The van der Waals surface area contributed by atoms with Gasteiger partial charge in [0.2, 0.25) is 0 Å². The summed E-state index contributed by atoms with van der Waals surface area (Å²) in [6.07, 6.45) is 3.35. The summed E-state index contributed by atoms with van der Waals surface area (Å²) in [5.74, 6) is -0.301. The van der Waals surface area contributed by atoms with Crippen LogP contribution in [0.1, 0.15) is 41.2 Å². The van der Waals surface area contributed by atoms with Crippen molar-refractivity contribution in [2.75, 3.05) is 6.54 Å². The van der Waals surface area contributed by atoms with Crippen molar-refractivity contribution in [2.45, 2.75) is 26.7 Å². The number of carbonyl (C=O) groups is 1. The van der Waals surface area contributed by atoms with Crippen molar-refractivity contribution in [3.05, 3.63) is 34.5 Å². The van der Waals surface area contributed by atoms with Crippen LogP contribution in [0.3, 0.4) is 0 Å². The number of nitrogens with one attached hydrogen (secondary N) is 1. The summed E-state index contributed by atoms with van der Waals surface area (Å²) in [4.78, 5) is 21.0. The van der Waals surface area contributed by atoms with E-state index in [0.29, 0.717) is 16.4 Å². The molecule has 2 aromatic rings. The minimum Gasteiger partial charge on any atom is -0.351 e. The third-order valence-electron chi connectivity index (χ3n) is 2.95. The first-order valence-corrected chi connectivity index (χ1v) is 7.66. The molecule has 2 heterocycles. The van der Waals surface area contributed by atoms with Crippen LogP contribution in [-0.2, 0) is 6.42 Å². The molecule has 1 amide bonds. The first-order valence-electron chi connectivity index (χ1n) is 6.84. The monoisotopic (exact) mass is 300 g/mol. The Morgan fingerprint density at radius 2 is 2.29 bits per heavy atom. The lowest BCUT2D eigenvalue weighted by molar-refractivity contribution is 0.0949. The Balaban J connectivity index is 2.41. The molecule has 2 rings (SSSR count). The van der Waals surface area contributed by atoms with Crippen LogP contribution in [0.2, 0.25) is 0 Å². The summed E-state index contributed by atoms with van der Waals surface area (Å²) in [6, 6.07) is 5.90. The van der Waals surface area contributed by atoms with Crippen LogP contribution in [0.25, 0.3) is 10.7 Å². The molecule has 0 aliphatic heterocycles. The first-order chi connectivity index (χ1) is 10.2. The lowest BCUT2D eigenvalue weighted by Gasteiger charge is -2.02. The maximum absolute atomic E-state index is 12.0. The number of thiazole rings is 1. The molecule has 6 heteroatoms. The van der Waals surface area contributed by atoms with Crippen molar-refractivity contribution in [1.82, 2.24) is 15.3 Å². The average molecular weight is 300 g/mol. The normalized spacial score (nSPS) is 10.1. The summed E-state index contributed by atoms with van der Waals surface area (Å²) in [7, 11) is 0. The number of hydrogen-bond acceptors (Lipinski definition) is 5. The number of carbonyl (C=O) groups excluding carboxylic acids is 1. The fourth-order valence-corrected chi connectivity index (χ4v) is 2.78. The molecule has 0 saturated carbocycles. The van der Waals surface area contributed by atoms with Crippen LogP contribution < -0.4 is 5.32 Å².